The van der Waals surface area contributed by atoms with Gasteiger partial charge in [0.25, 0.3) is 0 Å². The van der Waals surface area contributed by atoms with Crippen LogP contribution in [0, 0.1) is 0 Å². The van der Waals surface area contributed by atoms with Crippen molar-refractivity contribution < 1.29 is 0 Å². The summed E-state index contributed by atoms with van der Waals surface area (Å²) in [6, 6.07) is 0. The Balaban J connectivity index is 2.58. The van der Waals surface area contributed by atoms with Gasteiger partial charge in [-0.2, -0.15) is 0 Å². The lowest BCUT2D eigenvalue weighted by Crippen LogP contribution is -2.41. The van der Waals surface area contributed by atoms with Crippen LogP contribution in [0.2, 0.25) is 0 Å². The number of rotatable bonds is 3. The average Bonchev–Trinajstić information content (AvgIpc) is 2.38. The molecule has 0 amide bonds. The van der Waals surface area contributed by atoms with E-state index in [2.05, 4.69) is 37.4 Å². The van der Waals surface area contributed by atoms with Crippen molar-refractivity contribution in [3.05, 3.63) is 12.3 Å². The van der Waals surface area contributed by atoms with Crippen LogP contribution in [-0.4, -0.2) is 36.6 Å². The standard InChI is InChI=1S/C10H20N2/c1-5-10(11(3)4)12-8-6-7-9(12)2/h10H,2,5-8H2,1,3-4H3. The van der Waals surface area contributed by atoms with Crippen molar-refractivity contribution in [1.82, 2.24) is 9.80 Å². The van der Waals surface area contributed by atoms with Crippen LogP contribution in [0.3, 0.4) is 0 Å². The first-order chi connectivity index (χ1) is 5.66. The fraction of sp³-hybridized carbons (Fsp3) is 0.800. The molecule has 0 aromatic rings. The fourth-order valence-electron chi connectivity index (χ4n) is 1.98. The van der Waals surface area contributed by atoms with Crippen molar-refractivity contribution in [3.8, 4) is 0 Å². The number of allylic oxidation sites excluding steroid dienone is 1. The van der Waals surface area contributed by atoms with E-state index in [0.29, 0.717) is 6.17 Å². The normalized spacial score (nSPS) is 20.7. The second kappa shape index (κ2) is 3.94. The molecule has 0 spiro atoms. The molecule has 0 aromatic carbocycles. The fourth-order valence-corrected chi connectivity index (χ4v) is 1.98. The van der Waals surface area contributed by atoms with Gasteiger partial charge in [-0.15, -0.1) is 0 Å². The van der Waals surface area contributed by atoms with E-state index >= 15 is 0 Å². The summed E-state index contributed by atoms with van der Waals surface area (Å²) in [6.45, 7) is 7.51. The molecule has 1 fully saturated rings. The number of nitrogens with zero attached hydrogens (tertiary/aromatic N) is 2. The lowest BCUT2D eigenvalue weighted by Gasteiger charge is -2.34. The molecule has 70 valence electrons. The van der Waals surface area contributed by atoms with Gasteiger partial charge in [-0.05, 0) is 33.4 Å². The smallest absolute Gasteiger partial charge is 0.0809 e. The van der Waals surface area contributed by atoms with Crippen molar-refractivity contribution in [1.29, 1.82) is 0 Å². The first-order valence-corrected chi connectivity index (χ1v) is 4.77. The highest BCUT2D eigenvalue weighted by atomic mass is 15.3. The molecule has 0 aliphatic carbocycles. The summed E-state index contributed by atoms with van der Waals surface area (Å²) in [6.07, 6.45) is 4.19. The molecule has 0 radical (unpaired) electrons. The molecule has 1 heterocycles. The van der Waals surface area contributed by atoms with E-state index in [9.17, 15) is 0 Å². The molecule has 1 unspecified atom stereocenters. The SMILES string of the molecule is C=C1CCCN1C(CC)N(C)C. The van der Waals surface area contributed by atoms with Crippen LogP contribution >= 0.6 is 0 Å². The van der Waals surface area contributed by atoms with Crippen LogP contribution in [0.25, 0.3) is 0 Å². The van der Waals surface area contributed by atoms with Gasteiger partial charge in [-0.3, -0.25) is 4.90 Å². The summed E-state index contributed by atoms with van der Waals surface area (Å²) in [7, 11) is 4.28. The van der Waals surface area contributed by atoms with E-state index in [1.807, 2.05) is 0 Å². The second-order valence-electron chi connectivity index (χ2n) is 3.72. The molecule has 1 atom stereocenters. The van der Waals surface area contributed by atoms with Gasteiger partial charge in [0.15, 0.2) is 0 Å². The molecule has 0 N–H and O–H groups in total. The van der Waals surface area contributed by atoms with Gasteiger partial charge < -0.3 is 4.90 Å². The highest BCUT2D eigenvalue weighted by Gasteiger charge is 2.23. The maximum Gasteiger partial charge on any atom is 0.0809 e. The molecule has 0 bridgehead atoms. The van der Waals surface area contributed by atoms with Gasteiger partial charge in [-0.1, -0.05) is 13.5 Å². The predicted molar refractivity (Wildman–Crippen MR) is 52.8 cm³/mol. The van der Waals surface area contributed by atoms with Crippen molar-refractivity contribution in [2.75, 3.05) is 20.6 Å². The van der Waals surface area contributed by atoms with Gasteiger partial charge in [-0.25, -0.2) is 0 Å². The van der Waals surface area contributed by atoms with Crippen LogP contribution in [0.1, 0.15) is 26.2 Å². The third kappa shape index (κ3) is 1.81. The zero-order chi connectivity index (χ0) is 9.14. The zero-order valence-corrected chi connectivity index (χ0v) is 8.51. The quantitative estimate of drug-likeness (QED) is 0.635. The van der Waals surface area contributed by atoms with Gasteiger partial charge in [0.05, 0.1) is 6.17 Å². The Morgan fingerprint density at radius 3 is 2.58 bits per heavy atom. The summed E-state index contributed by atoms with van der Waals surface area (Å²) in [5.41, 5.74) is 1.32. The molecule has 12 heavy (non-hydrogen) atoms. The highest BCUT2D eigenvalue weighted by Crippen LogP contribution is 2.23. The van der Waals surface area contributed by atoms with Crippen LogP contribution in [-0.2, 0) is 0 Å². The van der Waals surface area contributed by atoms with Gasteiger partial charge >= 0.3 is 0 Å². The number of likely N-dealkylation sites (tertiary alicyclic amines) is 1. The minimum atomic E-state index is 0.556. The second-order valence-corrected chi connectivity index (χ2v) is 3.72. The third-order valence-corrected chi connectivity index (χ3v) is 2.59. The summed E-state index contributed by atoms with van der Waals surface area (Å²) in [5.74, 6) is 0. The van der Waals surface area contributed by atoms with E-state index in [-0.39, 0.29) is 0 Å². The Morgan fingerprint density at radius 1 is 1.58 bits per heavy atom. The molecule has 1 aliphatic rings. The molecule has 0 saturated carbocycles. The molecule has 1 rings (SSSR count). The molecule has 2 heteroatoms. The van der Waals surface area contributed by atoms with E-state index in [1.165, 1.54) is 31.5 Å². The zero-order valence-electron chi connectivity index (χ0n) is 8.51. The maximum atomic E-state index is 4.09. The molecular formula is C10H20N2. The molecular weight excluding hydrogens is 148 g/mol. The van der Waals surface area contributed by atoms with Crippen molar-refractivity contribution in [3.63, 3.8) is 0 Å². The number of hydrogen-bond acceptors (Lipinski definition) is 2. The van der Waals surface area contributed by atoms with Gasteiger partial charge in [0, 0.05) is 12.2 Å². The Bertz CT molecular complexity index is 163. The van der Waals surface area contributed by atoms with Crippen LogP contribution in [0.4, 0.5) is 0 Å². The van der Waals surface area contributed by atoms with E-state index in [4.69, 9.17) is 0 Å². The Morgan fingerprint density at radius 2 is 2.25 bits per heavy atom. The monoisotopic (exact) mass is 168 g/mol. The van der Waals surface area contributed by atoms with Crippen LogP contribution in [0.5, 0.6) is 0 Å². The maximum absolute atomic E-state index is 4.09. The summed E-state index contributed by atoms with van der Waals surface area (Å²) < 4.78 is 0. The molecule has 0 aromatic heterocycles. The summed E-state index contributed by atoms with van der Waals surface area (Å²) >= 11 is 0. The van der Waals surface area contributed by atoms with Gasteiger partial charge in [0.2, 0.25) is 0 Å². The molecule has 1 saturated heterocycles. The average molecular weight is 168 g/mol. The largest absolute Gasteiger partial charge is 0.360 e. The first kappa shape index (κ1) is 9.59. The Kier molecular flexibility index (Phi) is 3.15. The molecule has 1 aliphatic heterocycles. The molecule has 2 nitrogen and oxygen atoms in total. The van der Waals surface area contributed by atoms with E-state index in [0.717, 1.165) is 0 Å². The van der Waals surface area contributed by atoms with E-state index in [1.54, 1.807) is 0 Å². The summed E-state index contributed by atoms with van der Waals surface area (Å²) in [4.78, 5) is 4.70. The summed E-state index contributed by atoms with van der Waals surface area (Å²) in [5, 5.41) is 0. The van der Waals surface area contributed by atoms with Gasteiger partial charge in [0.1, 0.15) is 0 Å². The minimum Gasteiger partial charge on any atom is -0.360 e. The minimum absolute atomic E-state index is 0.556. The lowest BCUT2D eigenvalue weighted by molar-refractivity contribution is 0.123. The topological polar surface area (TPSA) is 6.48 Å². The Hall–Kier alpha value is -0.500. The number of hydrogen-bond donors (Lipinski definition) is 0. The van der Waals surface area contributed by atoms with E-state index < -0.39 is 0 Å². The van der Waals surface area contributed by atoms with Crippen LogP contribution < -0.4 is 0 Å². The van der Waals surface area contributed by atoms with Crippen LogP contribution in [0.15, 0.2) is 12.3 Å². The first-order valence-electron chi connectivity index (χ1n) is 4.77. The predicted octanol–water partition coefficient (Wildman–Crippen LogP) is 1.89. The highest BCUT2D eigenvalue weighted by molar-refractivity contribution is 5.01. The lowest BCUT2D eigenvalue weighted by atomic mass is 10.3. The van der Waals surface area contributed by atoms with Crippen molar-refractivity contribution in [2.24, 2.45) is 0 Å². The third-order valence-electron chi connectivity index (χ3n) is 2.59. The Labute approximate surface area is 75.8 Å². The van der Waals surface area contributed by atoms with Crippen molar-refractivity contribution >= 4 is 0 Å². The van der Waals surface area contributed by atoms with Crippen molar-refractivity contribution in [2.45, 2.75) is 32.4 Å².